The highest BCUT2D eigenvalue weighted by Gasteiger charge is 2.21. The SMILES string of the molecule is CCN(CC1CCCCN1)C(C)C(C)O. The molecule has 1 rings (SSSR count). The fourth-order valence-corrected chi connectivity index (χ4v) is 2.25. The van der Waals surface area contributed by atoms with Crippen LogP contribution in [-0.4, -0.2) is 47.8 Å². The Morgan fingerprint density at radius 3 is 2.60 bits per heavy atom. The molecule has 0 radical (unpaired) electrons. The van der Waals surface area contributed by atoms with Gasteiger partial charge in [-0.15, -0.1) is 0 Å². The molecular formula is C12H26N2O. The van der Waals surface area contributed by atoms with Crippen molar-refractivity contribution < 1.29 is 5.11 Å². The molecule has 1 saturated heterocycles. The van der Waals surface area contributed by atoms with E-state index in [-0.39, 0.29) is 12.1 Å². The predicted octanol–water partition coefficient (Wildman–Crippen LogP) is 1.22. The highest BCUT2D eigenvalue weighted by Crippen LogP contribution is 2.11. The lowest BCUT2D eigenvalue weighted by Crippen LogP contribution is -2.49. The van der Waals surface area contributed by atoms with Gasteiger partial charge in [0.1, 0.15) is 0 Å². The maximum absolute atomic E-state index is 9.59. The van der Waals surface area contributed by atoms with Gasteiger partial charge in [0.25, 0.3) is 0 Å². The van der Waals surface area contributed by atoms with Crippen LogP contribution in [0.25, 0.3) is 0 Å². The molecule has 3 unspecified atom stereocenters. The minimum atomic E-state index is -0.242. The summed E-state index contributed by atoms with van der Waals surface area (Å²) >= 11 is 0. The van der Waals surface area contributed by atoms with Gasteiger partial charge in [0.2, 0.25) is 0 Å². The number of hydrogen-bond acceptors (Lipinski definition) is 3. The van der Waals surface area contributed by atoms with Gasteiger partial charge >= 0.3 is 0 Å². The molecule has 2 N–H and O–H groups in total. The first-order chi connectivity index (χ1) is 7.15. The summed E-state index contributed by atoms with van der Waals surface area (Å²) in [7, 11) is 0. The number of aliphatic hydroxyl groups is 1. The minimum absolute atomic E-state index is 0.242. The van der Waals surface area contributed by atoms with E-state index in [2.05, 4.69) is 24.1 Å². The summed E-state index contributed by atoms with van der Waals surface area (Å²) in [5.41, 5.74) is 0. The largest absolute Gasteiger partial charge is 0.392 e. The first-order valence-corrected chi connectivity index (χ1v) is 6.30. The zero-order valence-electron chi connectivity index (χ0n) is 10.4. The maximum Gasteiger partial charge on any atom is 0.0664 e. The summed E-state index contributed by atoms with van der Waals surface area (Å²) in [5, 5.41) is 13.1. The van der Waals surface area contributed by atoms with Crippen molar-refractivity contribution in [2.24, 2.45) is 0 Å². The predicted molar refractivity (Wildman–Crippen MR) is 64.0 cm³/mol. The summed E-state index contributed by atoms with van der Waals surface area (Å²) in [6.07, 6.45) is 3.70. The van der Waals surface area contributed by atoms with Crippen LogP contribution >= 0.6 is 0 Å². The van der Waals surface area contributed by atoms with Crippen LogP contribution in [0.1, 0.15) is 40.0 Å². The molecule has 0 aliphatic carbocycles. The van der Waals surface area contributed by atoms with Gasteiger partial charge in [0, 0.05) is 18.6 Å². The van der Waals surface area contributed by atoms with Crippen molar-refractivity contribution in [3.63, 3.8) is 0 Å². The summed E-state index contributed by atoms with van der Waals surface area (Å²) in [4.78, 5) is 2.37. The Labute approximate surface area is 93.9 Å². The van der Waals surface area contributed by atoms with E-state index < -0.39 is 0 Å². The molecule has 3 atom stereocenters. The summed E-state index contributed by atoms with van der Waals surface area (Å²) < 4.78 is 0. The molecule has 0 aromatic rings. The van der Waals surface area contributed by atoms with Crippen molar-refractivity contribution in [2.75, 3.05) is 19.6 Å². The van der Waals surface area contributed by atoms with Crippen molar-refractivity contribution in [3.05, 3.63) is 0 Å². The van der Waals surface area contributed by atoms with Crippen LogP contribution in [0, 0.1) is 0 Å². The third-order valence-corrected chi connectivity index (χ3v) is 3.55. The van der Waals surface area contributed by atoms with Gasteiger partial charge in [0.15, 0.2) is 0 Å². The average molecular weight is 214 g/mol. The van der Waals surface area contributed by atoms with Crippen LogP contribution in [0.4, 0.5) is 0 Å². The number of aliphatic hydroxyl groups excluding tert-OH is 1. The zero-order chi connectivity index (χ0) is 11.3. The maximum atomic E-state index is 9.59. The lowest BCUT2D eigenvalue weighted by atomic mass is 10.0. The third kappa shape index (κ3) is 4.09. The zero-order valence-corrected chi connectivity index (χ0v) is 10.4. The lowest BCUT2D eigenvalue weighted by molar-refractivity contribution is 0.0656. The third-order valence-electron chi connectivity index (χ3n) is 3.55. The van der Waals surface area contributed by atoms with Crippen molar-refractivity contribution in [1.29, 1.82) is 0 Å². The standard InChI is InChI=1S/C12H26N2O/c1-4-14(10(2)11(3)15)9-12-7-5-6-8-13-12/h10-13,15H,4-9H2,1-3H3. The highest BCUT2D eigenvalue weighted by atomic mass is 16.3. The molecule has 0 aromatic heterocycles. The molecule has 1 heterocycles. The highest BCUT2D eigenvalue weighted by molar-refractivity contribution is 4.79. The van der Waals surface area contributed by atoms with Crippen molar-refractivity contribution >= 4 is 0 Å². The monoisotopic (exact) mass is 214 g/mol. The number of piperidine rings is 1. The Balaban J connectivity index is 2.37. The van der Waals surface area contributed by atoms with E-state index in [1.807, 2.05) is 6.92 Å². The smallest absolute Gasteiger partial charge is 0.0664 e. The summed E-state index contributed by atoms with van der Waals surface area (Å²) in [6.45, 7) is 9.40. The van der Waals surface area contributed by atoms with E-state index in [4.69, 9.17) is 0 Å². The number of nitrogens with zero attached hydrogens (tertiary/aromatic N) is 1. The molecule has 3 heteroatoms. The Hall–Kier alpha value is -0.120. The average Bonchev–Trinajstić information content (AvgIpc) is 2.26. The van der Waals surface area contributed by atoms with Gasteiger partial charge in [-0.25, -0.2) is 0 Å². The summed E-state index contributed by atoms with van der Waals surface area (Å²) in [5.74, 6) is 0. The van der Waals surface area contributed by atoms with Crippen molar-refractivity contribution in [1.82, 2.24) is 10.2 Å². The summed E-state index contributed by atoms with van der Waals surface area (Å²) in [6, 6.07) is 0.888. The van der Waals surface area contributed by atoms with Crippen molar-refractivity contribution in [2.45, 2.75) is 58.2 Å². The molecule has 0 spiro atoms. The number of nitrogens with one attached hydrogen (secondary N) is 1. The molecular weight excluding hydrogens is 188 g/mol. The van der Waals surface area contributed by atoms with Gasteiger partial charge < -0.3 is 10.4 Å². The second kappa shape index (κ2) is 6.46. The first-order valence-electron chi connectivity index (χ1n) is 6.30. The fraction of sp³-hybridized carbons (Fsp3) is 1.00. The van der Waals surface area contributed by atoms with E-state index in [1.165, 1.54) is 19.3 Å². The van der Waals surface area contributed by atoms with Crippen LogP contribution in [0.3, 0.4) is 0 Å². The number of hydrogen-bond donors (Lipinski definition) is 2. The molecule has 0 saturated carbocycles. The Bertz CT molecular complexity index is 167. The Morgan fingerprint density at radius 2 is 2.13 bits per heavy atom. The quantitative estimate of drug-likeness (QED) is 0.722. The van der Waals surface area contributed by atoms with Crippen LogP contribution in [0.5, 0.6) is 0 Å². The van der Waals surface area contributed by atoms with E-state index >= 15 is 0 Å². The van der Waals surface area contributed by atoms with E-state index in [9.17, 15) is 5.11 Å². The van der Waals surface area contributed by atoms with Crippen LogP contribution in [0.2, 0.25) is 0 Å². The van der Waals surface area contributed by atoms with E-state index in [0.717, 1.165) is 19.6 Å². The van der Waals surface area contributed by atoms with Gasteiger partial charge in [-0.05, 0) is 39.8 Å². The lowest BCUT2D eigenvalue weighted by Gasteiger charge is -2.34. The fourth-order valence-electron chi connectivity index (χ4n) is 2.25. The molecule has 1 aliphatic heterocycles. The number of likely N-dealkylation sites (N-methyl/N-ethyl adjacent to an activating group) is 1. The topological polar surface area (TPSA) is 35.5 Å². The van der Waals surface area contributed by atoms with Crippen LogP contribution in [-0.2, 0) is 0 Å². The molecule has 3 nitrogen and oxygen atoms in total. The van der Waals surface area contributed by atoms with E-state index in [1.54, 1.807) is 0 Å². The first kappa shape index (κ1) is 12.9. The van der Waals surface area contributed by atoms with Gasteiger partial charge in [-0.2, -0.15) is 0 Å². The van der Waals surface area contributed by atoms with E-state index in [0.29, 0.717) is 6.04 Å². The molecule has 0 bridgehead atoms. The van der Waals surface area contributed by atoms with Crippen LogP contribution < -0.4 is 5.32 Å². The molecule has 90 valence electrons. The minimum Gasteiger partial charge on any atom is -0.392 e. The molecule has 1 aliphatic rings. The second-order valence-corrected chi connectivity index (χ2v) is 4.72. The van der Waals surface area contributed by atoms with Crippen LogP contribution in [0.15, 0.2) is 0 Å². The second-order valence-electron chi connectivity index (χ2n) is 4.72. The molecule has 15 heavy (non-hydrogen) atoms. The molecule has 0 amide bonds. The van der Waals surface area contributed by atoms with Crippen molar-refractivity contribution in [3.8, 4) is 0 Å². The molecule has 1 fully saturated rings. The van der Waals surface area contributed by atoms with Gasteiger partial charge in [-0.1, -0.05) is 13.3 Å². The number of rotatable bonds is 5. The Morgan fingerprint density at radius 1 is 1.40 bits per heavy atom. The Kier molecular flexibility index (Phi) is 5.58. The normalized spacial score (nSPS) is 26.6. The molecule has 0 aromatic carbocycles. The van der Waals surface area contributed by atoms with Gasteiger partial charge in [0.05, 0.1) is 6.10 Å². The van der Waals surface area contributed by atoms with Gasteiger partial charge in [-0.3, -0.25) is 4.90 Å².